The number of pyridine rings is 1. The molecule has 2 amide bonds. The Morgan fingerprint density at radius 3 is 2.40 bits per heavy atom. The summed E-state index contributed by atoms with van der Waals surface area (Å²) in [5.74, 6) is -3.60. The van der Waals surface area contributed by atoms with Crippen molar-refractivity contribution in [3.05, 3.63) is 49.4 Å². The third-order valence-electron chi connectivity index (χ3n) is 9.75. The Bertz CT molecular complexity index is 1770. The number of aromatic nitrogens is 2. The quantitative estimate of drug-likeness (QED) is 0.240. The molecule has 3 heterocycles. The zero-order valence-corrected chi connectivity index (χ0v) is 30.9. The van der Waals surface area contributed by atoms with Crippen molar-refractivity contribution in [2.45, 2.75) is 102 Å². The smallest absolute Gasteiger partial charge is 0.307 e. The van der Waals surface area contributed by atoms with Crippen LogP contribution in [0.2, 0.25) is 0 Å². The molecule has 2 aliphatic carbocycles. The number of likely N-dealkylation sites (tertiary alicyclic amines) is 1. The average Bonchev–Trinajstić information content (AvgIpc) is 3.90. The Morgan fingerprint density at radius 1 is 1.14 bits per heavy atom. The van der Waals surface area contributed by atoms with E-state index in [4.69, 9.17) is 9.47 Å². The topological polar surface area (TPSA) is 154 Å². The standard InChI is InChI=1S/C37H50N4O8S/c1-9-24-18-37(24,31(42)22-50(46,47)27-12-13-27)39-33(44)30-16-26(48-25-15-23(19-38-20-25)29-11-10-14-40(29)8)21-41(30)34(45)28(35(2,3)4)17-32(43)49-36(5,6)7/h9-11,14-15,19-20,24,26-28,30H,1,12-13,16-18,21-22H2,2-8H3,(H,39,44)/t24-,26-,28-,30+,37-/m1/s1. The van der Waals surface area contributed by atoms with E-state index in [2.05, 4.69) is 16.9 Å². The first kappa shape index (κ1) is 37.3. The molecular weight excluding hydrogens is 660 g/mol. The maximum absolute atomic E-state index is 14.5. The fraction of sp³-hybridized carbons (Fsp3) is 0.595. The highest BCUT2D eigenvalue weighted by atomic mass is 32.2. The van der Waals surface area contributed by atoms with Gasteiger partial charge in [-0.1, -0.05) is 26.8 Å². The van der Waals surface area contributed by atoms with Gasteiger partial charge in [-0.25, -0.2) is 8.42 Å². The van der Waals surface area contributed by atoms with Gasteiger partial charge in [0.2, 0.25) is 11.8 Å². The predicted octanol–water partition coefficient (Wildman–Crippen LogP) is 4.04. The Labute approximate surface area is 294 Å². The summed E-state index contributed by atoms with van der Waals surface area (Å²) in [4.78, 5) is 61.0. The van der Waals surface area contributed by atoms with Gasteiger partial charge in [0.1, 0.15) is 34.8 Å². The van der Waals surface area contributed by atoms with Crippen LogP contribution in [0.25, 0.3) is 11.3 Å². The van der Waals surface area contributed by atoms with Crippen LogP contribution in [0.1, 0.15) is 73.6 Å². The maximum atomic E-state index is 14.5. The number of sulfone groups is 1. The monoisotopic (exact) mass is 710 g/mol. The molecule has 1 N–H and O–H groups in total. The van der Waals surface area contributed by atoms with Crippen molar-refractivity contribution in [1.29, 1.82) is 0 Å². The van der Waals surface area contributed by atoms with E-state index in [-0.39, 0.29) is 25.8 Å². The molecule has 3 aliphatic rings. The second kappa shape index (κ2) is 13.6. The minimum Gasteiger partial charge on any atom is -0.487 e. The van der Waals surface area contributed by atoms with Crippen molar-refractivity contribution in [3.8, 4) is 17.0 Å². The molecule has 0 aromatic carbocycles. The molecule has 50 heavy (non-hydrogen) atoms. The SMILES string of the molecule is C=C[C@@H]1C[C@]1(NC(=O)[C@@H]1C[C@@H](Oc2cncc(-c3cccn3C)c2)CN1C(=O)[C@@H](CC(=O)OC(C)(C)C)C(C)(C)C)C(=O)CS(=O)(=O)C1CC1. The molecule has 0 unspecified atom stereocenters. The van der Waals surface area contributed by atoms with Crippen LogP contribution in [-0.2, 0) is 40.8 Å². The largest absolute Gasteiger partial charge is 0.487 e. The number of hydrogen-bond donors (Lipinski definition) is 1. The van der Waals surface area contributed by atoms with Gasteiger partial charge in [0.15, 0.2) is 15.6 Å². The van der Waals surface area contributed by atoms with E-state index in [9.17, 15) is 27.6 Å². The van der Waals surface area contributed by atoms with Gasteiger partial charge in [-0.05, 0) is 63.6 Å². The summed E-state index contributed by atoms with van der Waals surface area (Å²) in [5.41, 5.74) is -1.09. The molecule has 2 saturated carbocycles. The molecule has 1 aliphatic heterocycles. The maximum Gasteiger partial charge on any atom is 0.307 e. The first-order valence-electron chi connectivity index (χ1n) is 17.2. The van der Waals surface area contributed by atoms with Crippen LogP contribution in [0.4, 0.5) is 0 Å². The number of carbonyl (C=O) groups excluding carboxylic acids is 4. The number of Topliss-reactive ketones (excluding diaryl/α,β-unsaturated/α-hetero) is 1. The minimum absolute atomic E-state index is 0.0358. The molecule has 13 heteroatoms. The van der Waals surface area contributed by atoms with E-state index >= 15 is 0 Å². The van der Waals surface area contributed by atoms with Crippen LogP contribution in [0.15, 0.2) is 49.4 Å². The van der Waals surface area contributed by atoms with E-state index in [0.29, 0.717) is 18.6 Å². The molecule has 1 saturated heterocycles. The first-order chi connectivity index (χ1) is 23.2. The second-order valence-corrected chi connectivity index (χ2v) is 18.3. The van der Waals surface area contributed by atoms with Crippen molar-refractivity contribution in [2.75, 3.05) is 12.3 Å². The minimum atomic E-state index is -3.63. The van der Waals surface area contributed by atoms with Gasteiger partial charge in [-0.15, -0.1) is 6.58 Å². The summed E-state index contributed by atoms with van der Waals surface area (Å²) in [6.45, 7) is 14.7. The van der Waals surface area contributed by atoms with Crippen molar-refractivity contribution in [2.24, 2.45) is 24.3 Å². The predicted molar refractivity (Wildman–Crippen MR) is 188 cm³/mol. The highest BCUT2D eigenvalue weighted by molar-refractivity contribution is 7.93. The Kier molecular flexibility index (Phi) is 10.1. The van der Waals surface area contributed by atoms with Gasteiger partial charge in [0, 0.05) is 43.0 Å². The number of aryl methyl sites for hydroxylation is 1. The Morgan fingerprint density at radius 2 is 1.84 bits per heavy atom. The first-order valence-corrected chi connectivity index (χ1v) is 18.9. The van der Waals surface area contributed by atoms with Crippen LogP contribution >= 0.6 is 0 Å². The summed E-state index contributed by atoms with van der Waals surface area (Å²) in [6.07, 6.45) is 7.32. The summed E-state index contributed by atoms with van der Waals surface area (Å²) in [7, 11) is -1.71. The zero-order valence-electron chi connectivity index (χ0n) is 30.1. The molecule has 5 atom stereocenters. The van der Waals surface area contributed by atoms with Crippen LogP contribution in [0, 0.1) is 17.3 Å². The van der Waals surface area contributed by atoms with Gasteiger partial charge in [-0.3, -0.25) is 24.2 Å². The number of esters is 1. The van der Waals surface area contributed by atoms with Gasteiger partial charge < -0.3 is 24.3 Å². The van der Waals surface area contributed by atoms with Gasteiger partial charge in [0.25, 0.3) is 0 Å². The molecule has 2 aromatic rings. The van der Waals surface area contributed by atoms with E-state index in [1.807, 2.05) is 56.8 Å². The van der Waals surface area contributed by atoms with Crippen molar-refractivity contribution in [1.82, 2.24) is 19.8 Å². The lowest BCUT2D eigenvalue weighted by Crippen LogP contribution is -2.55. The van der Waals surface area contributed by atoms with Crippen molar-refractivity contribution < 1.29 is 37.1 Å². The van der Waals surface area contributed by atoms with Crippen LogP contribution in [-0.4, -0.2) is 87.3 Å². The second-order valence-electron chi connectivity index (χ2n) is 16.0. The van der Waals surface area contributed by atoms with E-state index < -0.39 is 84.9 Å². The normalized spacial score (nSPS) is 24.3. The van der Waals surface area contributed by atoms with E-state index in [0.717, 1.165) is 11.3 Å². The highest BCUT2D eigenvalue weighted by Crippen LogP contribution is 2.46. The van der Waals surface area contributed by atoms with Gasteiger partial charge in [0.05, 0.1) is 30.3 Å². The summed E-state index contributed by atoms with van der Waals surface area (Å²) >= 11 is 0. The number of hydrogen-bond acceptors (Lipinski definition) is 9. The molecule has 2 aromatic heterocycles. The van der Waals surface area contributed by atoms with Crippen LogP contribution in [0.3, 0.4) is 0 Å². The number of nitrogens with zero attached hydrogens (tertiary/aromatic N) is 3. The lowest BCUT2D eigenvalue weighted by molar-refractivity contribution is -0.161. The molecule has 0 radical (unpaired) electrons. The zero-order chi connectivity index (χ0) is 36.8. The molecule has 5 rings (SSSR count). The molecule has 12 nitrogen and oxygen atoms in total. The van der Waals surface area contributed by atoms with Gasteiger partial charge >= 0.3 is 5.97 Å². The van der Waals surface area contributed by atoms with Gasteiger partial charge in [-0.2, -0.15) is 0 Å². The highest BCUT2D eigenvalue weighted by Gasteiger charge is 2.61. The fourth-order valence-corrected chi connectivity index (χ4v) is 8.44. The van der Waals surface area contributed by atoms with E-state index in [1.54, 1.807) is 39.2 Å². The summed E-state index contributed by atoms with van der Waals surface area (Å²) in [6, 6.07) is 4.66. The Balaban J connectivity index is 1.42. The lowest BCUT2D eigenvalue weighted by Gasteiger charge is -2.35. The van der Waals surface area contributed by atoms with Crippen molar-refractivity contribution in [3.63, 3.8) is 0 Å². The third kappa shape index (κ3) is 8.30. The number of ether oxygens (including phenoxy) is 2. The van der Waals surface area contributed by atoms with Crippen LogP contribution < -0.4 is 10.1 Å². The number of amides is 2. The average molecular weight is 711 g/mol. The number of carbonyl (C=O) groups is 4. The lowest BCUT2D eigenvalue weighted by atomic mass is 9.77. The molecule has 3 fully saturated rings. The van der Waals surface area contributed by atoms with E-state index in [1.165, 1.54) is 4.90 Å². The Hall–Kier alpha value is -4.00. The molecular formula is C37H50N4O8S. The number of nitrogens with one attached hydrogen (secondary N) is 1. The fourth-order valence-electron chi connectivity index (χ4n) is 6.73. The summed E-state index contributed by atoms with van der Waals surface area (Å²) in [5, 5.41) is 2.35. The number of ketones is 1. The molecule has 0 bridgehead atoms. The van der Waals surface area contributed by atoms with Crippen LogP contribution in [0.5, 0.6) is 5.75 Å². The molecule has 0 spiro atoms. The van der Waals surface area contributed by atoms with Crippen molar-refractivity contribution >= 4 is 33.4 Å². The third-order valence-corrected chi connectivity index (χ3v) is 11.9. The molecule has 272 valence electrons. The number of rotatable bonds is 13. The summed E-state index contributed by atoms with van der Waals surface area (Å²) < 4.78 is 39.4.